The van der Waals surface area contributed by atoms with Crippen LogP contribution in [-0.2, 0) is 11.3 Å². The van der Waals surface area contributed by atoms with Crippen molar-refractivity contribution in [3.63, 3.8) is 0 Å². The van der Waals surface area contributed by atoms with Crippen molar-refractivity contribution in [2.75, 3.05) is 6.54 Å². The van der Waals surface area contributed by atoms with Crippen molar-refractivity contribution in [1.82, 2.24) is 10.3 Å². The van der Waals surface area contributed by atoms with E-state index in [1.807, 2.05) is 30.3 Å². The van der Waals surface area contributed by atoms with Gasteiger partial charge in [0.2, 0.25) is 0 Å². The van der Waals surface area contributed by atoms with E-state index in [0.717, 1.165) is 5.56 Å². The number of nitro groups is 1. The number of nitrogens with zero attached hydrogens (tertiary/aromatic N) is 2. The lowest BCUT2D eigenvalue weighted by molar-refractivity contribution is -0.385. The second-order valence-corrected chi connectivity index (χ2v) is 5.00. The molecule has 0 saturated carbocycles. The quantitative estimate of drug-likeness (QED) is 0.649. The summed E-state index contributed by atoms with van der Waals surface area (Å²) in [7, 11) is 0. The molecule has 1 amide bonds. The molecule has 124 valence electrons. The van der Waals surface area contributed by atoms with Gasteiger partial charge in [-0.25, -0.2) is 9.78 Å². The molecule has 0 spiro atoms. The smallest absolute Gasteiger partial charge is 0.407 e. The fourth-order valence-electron chi connectivity index (χ4n) is 1.95. The second-order valence-electron chi connectivity index (χ2n) is 5.00. The fraction of sp³-hybridized carbons (Fsp3) is 0.176. The Morgan fingerprint density at radius 1 is 1.38 bits per heavy atom. The highest BCUT2D eigenvalue weighted by Gasteiger charge is 2.10. The largest absolute Gasteiger partial charge is 0.445 e. The minimum absolute atomic E-state index is 0.0187. The van der Waals surface area contributed by atoms with Gasteiger partial charge in [-0.15, -0.1) is 0 Å². The summed E-state index contributed by atoms with van der Waals surface area (Å²) >= 11 is 0. The molecule has 1 aromatic carbocycles. The molecular weight excluding hydrogens is 310 g/mol. The highest BCUT2D eigenvalue weighted by Crippen LogP contribution is 2.16. The summed E-state index contributed by atoms with van der Waals surface area (Å²) in [6, 6.07) is 11.0. The summed E-state index contributed by atoms with van der Waals surface area (Å²) in [4.78, 5) is 25.8. The van der Waals surface area contributed by atoms with E-state index < -0.39 is 11.0 Å². The van der Waals surface area contributed by atoms with Crippen molar-refractivity contribution >= 4 is 17.9 Å². The number of aromatic nitrogens is 1. The number of ether oxygens (including phenoxy) is 1. The number of benzene rings is 1. The number of rotatable bonds is 6. The molecular formula is C17H17N3O4. The third-order valence-corrected chi connectivity index (χ3v) is 3.17. The standard InChI is InChI=1S/C17H17N3O4/c1-13-10-15(19-11-16(13)20(22)23)8-5-9-18-17(21)24-12-14-6-3-2-4-7-14/h2-8,10-11H,9,12H2,1H3,(H,18,21). The Kier molecular flexibility index (Phi) is 6.01. The zero-order chi connectivity index (χ0) is 17.4. The Balaban J connectivity index is 1.77. The highest BCUT2D eigenvalue weighted by atomic mass is 16.6. The third kappa shape index (κ3) is 5.20. The molecule has 0 aliphatic carbocycles. The molecule has 0 aliphatic rings. The number of pyridine rings is 1. The summed E-state index contributed by atoms with van der Waals surface area (Å²) in [5, 5.41) is 13.3. The molecule has 0 aliphatic heterocycles. The maximum absolute atomic E-state index is 11.5. The van der Waals surface area contributed by atoms with Crippen molar-refractivity contribution in [3.8, 4) is 0 Å². The molecule has 7 heteroatoms. The first-order chi connectivity index (χ1) is 11.6. The summed E-state index contributed by atoms with van der Waals surface area (Å²) in [6.45, 7) is 2.13. The number of amides is 1. The molecule has 0 radical (unpaired) electrons. The Bertz CT molecular complexity index is 745. The van der Waals surface area contributed by atoms with Crippen LogP contribution in [0.4, 0.5) is 10.5 Å². The number of aryl methyl sites for hydroxylation is 1. The Hall–Kier alpha value is -3.22. The van der Waals surface area contributed by atoms with Crippen LogP contribution in [0.3, 0.4) is 0 Å². The number of nitrogens with one attached hydrogen (secondary N) is 1. The number of carbonyl (C=O) groups is 1. The van der Waals surface area contributed by atoms with Crippen molar-refractivity contribution in [3.05, 3.63) is 75.6 Å². The van der Waals surface area contributed by atoms with E-state index in [1.54, 1.807) is 25.1 Å². The van der Waals surface area contributed by atoms with Gasteiger partial charge < -0.3 is 10.1 Å². The second kappa shape index (κ2) is 8.42. The van der Waals surface area contributed by atoms with E-state index in [4.69, 9.17) is 4.74 Å². The summed E-state index contributed by atoms with van der Waals surface area (Å²) in [5.74, 6) is 0. The first kappa shape index (κ1) is 17.1. The van der Waals surface area contributed by atoms with Gasteiger partial charge >= 0.3 is 6.09 Å². The molecule has 0 saturated heterocycles. The lowest BCUT2D eigenvalue weighted by Gasteiger charge is -2.05. The van der Waals surface area contributed by atoms with Gasteiger partial charge in [-0.05, 0) is 24.6 Å². The van der Waals surface area contributed by atoms with E-state index in [9.17, 15) is 14.9 Å². The van der Waals surface area contributed by atoms with E-state index in [-0.39, 0.29) is 18.8 Å². The first-order valence-electron chi connectivity index (χ1n) is 7.28. The fourth-order valence-corrected chi connectivity index (χ4v) is 1.95. The van der Waals surface area contributed by atoms with Crippen molar-refractivity contribution in [1.29, 1.82) is 0 Å². The molecule has 1 heterocycles. The molecule has 2 rings (SSSR count). The zero-order valence-corrected chi connectivity index (χ0v) is 13.1. The molecule has 1 aromatic heterocycles. The van der Waals surface area contributed by atoms with Gasteiger partial charge in [-0.1, -0.05) is 36.4 Å². The number of hydrogen-bond donors (Lipinski definition) is 1. The zero-order valence-electron chi connectivity index (χ0n) is 13.1. The molecule has 0 bridgehead atoms. The monoisotopic (exact) mass is 327 g/mol. The molecule has 0 atom stereocenters. The van der Waals surface area contributed by atoms with Crippen molar-refractivity contribution in [2.45, 2.75) is 13.5 Å². The highest BCUT2D eigenvalue weighted by molar-refractivity contribution is 5.67. The normalized spacial score (nSPS) is 10.5. The minimum Gasteiger partial charge on any atom is -0.445 e. The molecule has 2 aromatic rings. The lowest BCUT2D eigenvalue weighted by Crippen LogP contribution is -2.24. The average Bonchev–Trinajstić information content (AvgIpc) is 2.57. The van der Waals surface area contributed by atoms with Crippen LogP contribution in [0.15, 0.2) is 48.7 Å². The Morgan fingerprint density at radius 2 is 2.12 bits per heavy atom. The molecule has 0 unspecified atom stereocenters. The van der Waals surface area contributed by atoms with Crippen LogP contribution >= 0.6 is 0 Å². The number of hydrogen-bond acceptors (Lipinski definition) is 5. The third-order valence-electron chi connectivity index (χ3n) is 3.17. The maximum atomic E-state index is 11.5. The molecule has 0 fully saturated rings. The summed E-state index contributed by atoms with van der Waals surface area (Å²) < 4.78 is 5.07. The van der Waals surface area contributed by atoms with E-state index >= 15 is 0 Å². The van der Waals surface area contributed by atoms with Crippen LogP contribution in [0.5, 0.6) is 0 Å². The van der Waals surface area contributed by atoms with Crippen LogP contribution in [0, 0.1) is 17.0 Å². The van der Waals surface area contributed by atoms with Gasteiger partial charge in [0.05, 0.1) is 10.6 Å². The first-order valence-corrected chi connectivity index (χ1v) is 7.28. The predicted octanol–water partition coefficient (Wildman–Crippen LogP) is 3.24. The SMILES string of the molecule is Cc1cc(C=CCNC(=O)OCc2ccccc2)ncc1[N+](=O)[O-]. The van der Waals surface area contributed by atoms with Gasteiger partial charge in [-0.3, -0.25) is 10.1 Å². The van der Waals surface area contributed by atoms with Crippen LogP contribution < -0.4 is 5.32 Å². The summed E-state index contributed by atoms with van der Waals surface area (Å²) in [6.07, 6.45) is 4.07. The topological polar surface area (TPSA) is 94.4 Å². The van der Waals surface area contributed by atoms with E-state index in [1.165, 1.54) is 6.20 Å². The number of carbonyl (C=O) groups excluding carboxylic acids is 1. The van der Waals surface area contributed by atoms with E-state index in [2.05, 4.69) is 10.3 Å². The lowest BCUT2D eigenvalue weighted by atomic mass is 10.2. The van der Waals surface area contributed by atoms with Gasteiger partial charge in [0, 0.05) is 12.1 Å². The molecule has 24 heavy (non-hydrogen) atoms. The van der Waals surface area contributed by atoms with Crippen LogP contribution in [-0.4, -0.2) is 22.5 Å². The van der Waals surface area contributed by atoms with Crippen LogP contribution in [0.25, 0.3) is 6.08 Å². The predicted molar refractivity (Wildman–Crippen MR) is 89.3 cm³/mol. The van der Waals surface area contributed by atoms with Crippen molar-refractivity contribution in [2.24, 2.45) is 0 Å². The van der Waals surface area contributed by atoms with Crippen LogP contribution in [0.2, 0.25) is 0 Å². The van der Waals surface area contributed by atoms with Gasteiger partial charge in [-0.2, -0.15) is 0 Å². The van der Waals surface area contributed by atoms with Gasteiger partial charge in [0.15, 0.2) is 0 Å². The summed E-state index contributed by atoms with van der Waals surface area (Å²) in [5.41, 5.74) is 2.01. The Labute approximate surface area is 139 Å². The van der Waals surface area contributed by atoms with Gasteiger partial charge in [0.25, 0.3) is 5.69 Å². The maximum Gasteiger partial charge on any atom is 0.407 e. The number of alkyl carbamates (subject to hydrolysis) is 1. The van der Waals surface area contributed by atoms with Crippen molar-refractivity contribution < 1.29 is 14.5 Å². The van der Waals surface area contributed by atoms with E-state index in [0.29, 0.717) is 11.3 Å². The van der Waals surface area contributed by atoms with Gasteiger partial charge in [0.1, 0.15) is 12.8 Å². The minimum atomic E-state index is -0.517. The Morgan fingerprint density at radius 3 is 2.79 bits per heavy atom. The van der Waals surface area contributed by atoms with Crippen LogP contribution in [0.1, 0.15) is 16.8 Å². The molecule has 1 N–H and O–H groups in total. The average molecular weight is 327 g/mol. The molecule has 7 nitrogen and oxygen atoms in total.